The van der Waals surface area contributed by atoms with Crippen LogP contribution in [0.25, 0.3) is 11.5 Å². The Kier molecular flexibility index (Phi) is 6.83. The summed E-state index contributed by atoms with van der Waals surface area (Å²) in [5.41, 5.74) is 1.93. The molecule has 0 aliphatic rings. The van der Waals surface area contributed by atoms with Gasteiger partial charge in [-0.1, -0.05) is 23.9 Å². The number of thioether (sulfide) groups is 1. The normalized spacial score (nSPS) is 10.5. The van der Waals surface area contributed by atoms with Crippen molar-refractivity contribution in [3.05, 3.63) is 70.9 Å². The molecular formula is C22H18N4O4S2. The molecule has 10 heteroatoms. The molecule has 0 aliphatic carbocycles. The van der Waals surface area contributed by atoms with Crippen LogP contribution in [-0.2, 0) is 4.79 Å². The smallest absolute Gasteiger partial charge is 0.277 e. The highest BCUT2D eigenvalue weighted by Crippen LogP contribution is 2.25. The van der Waals surface area contributed by atoms with Gasteiger partial charge in [-0.05, 0) is 53.9 Å². The summed E-state index contributed by atoms with van der Waals surface area (Å²) in [6.45, 7) is 0. The number of thiophene rings is 1. The fourth-order valence-electron chi connectivity index (χ4n) is 2.72. The molecule has 4 rings (SSSR count). The second kappa shape index (κ2) is 10.1. The Morgan fingerprint density at radius 2 is 1.81 bits per heavy atom. The molecule has 2 aromatic carbocycles. The van der Waals surface area contributed by atoms with Crippen LogP contribution < -0.4 is 15.4 Å². The molecular weight excluding hydrogens is 448 g/mol. The molecule has 0 spiro atoms. The predicted octanol–water partition coefficient (Wildman–Crippen LogP) is 4.79. The molecule has 0 saturated carbocycles. The van der Waals surface area contributed by atoms with Gasteiger partial charge in [-0.3, -0.25) is 9.59 Å². The van der Waals surface area contributed by atoms with E-state index < -0.39 is 0 Å². The van der Waals surface area contributed by atoms with Crippen LogP contribution in [0.2, 0.25) is 0 Å². The van der Waals surface area contributed by atoms with Gasteiger partial charge in [0, 0.05) is 16.9 Å². The SMILES string of the molecule is COc1ccc(-c2nnc(SCC(=O)Nc3cccc(NC(=O)c4cccs4)c3)o2)cc1. The summed E-state index contributed by atoms with van der Waals surface area (Å²) >= 11 is 2.50. The fourth-order valence-corrected chi connectivity index (χ4v) is 3.90. The van der Waals surface area contributed by atoms with Crippen LogP contribution in [0.4, 0.5) is 11.4 Å². The average molecular weight is 467 g/mol. The molecule has 4 aromatic rings. The largest absolute Gasteiger partial charge is 0.497 e. The van der Waals surface area contributed by atoms with E-state index in [0.29, 0.717) is 27.4 Å². The zero-order valence-corrected chi connectivity index (χ0v) is 18.5. The summed E-state index contributed by atoms with van der Waals surface area (Å²) in [5.74, 6) is 0.763. The number of methoxy groups -OCH3 is 1. The van der Waals surface area contributed by atoms with Crippen LogP contribution in [0, 0.1) is 0 Å². The Bertz CT molecular complexity index is 1210. The molecule has 2 amide bonds. The number of anilines is 2. The number of nitrogens with zero attached hydrogens (tertiary/aromatic N) is 2. The molecule has 0 radical (unpaired) electrons. The number of aromatic nitrogens is 2. The molecule has 0 aliphatic heterocycles. The minimum absolute atomic E-state index is 0.0933. The second-order valence-corrected chi connectivity index (χ2v) is 8.32. The molecule has 8 nitrogen and oxygen atoms in total. The maximum Gasteiger partial charge on any atom is 0.277 e. The molecule has 0 atom stereocenters. The average Bonchev–Trinajstić information content (AvgIpc) is 3.51. The van der Waals surface area contributed by atoms with Gasteiger partial charge < -0.3 is 19.8 Å². The van der Waals surface area contributed by atoms with Crippen LogP contribution in [-0.4, -0.2) is 34.9 Å². The summed E-state index contributed by atoms with van der Waals surface area (Å²) in [7, 11) is 1.60. The van der Waals surface area contributed by atoms with Crippen LogP contribution in [0.3, 0.4) is 0 Å². The van der Waals surface area contributed by atoms with Gasteiger partial charge >= 0.3 is 0 Å². The van der Waals surface area contributed by atoms with Crippen LogP contribution in [0.1, 0.15) is 9.67 Å². The molecule has 2 aromatic heterocycles. The first kappa shape index (κ1) is 21.6. The van der Waals surface area contributed by atoms with E-state index in [4.69, 9.17) is 9.15 Å². The third-order valence-corrected chi connectivity index (χ3v) is 5.91. The van der Waals surface area contributed by atoms with E-state index in [0.717, 1.165) is 23.1 Å². The quantitative estimate of drug-likeness (QED) is 0.360. The van der Waals surface area contributed by atoms with Gasteiger partial charge in [0.15, 0.2) is 0 Å². The molecule has 2 heterocycles. The minimum Gasteiger partial charge on any atom is -0.497 e. The van der Waals surface area contributed by atoms with Crippen molar-refractivity contribution < 1.29 is 18.7 Å². The summed E-state index contributed by atoms with van der Waals surface area (Å²) < 4.78 is 10.7. The third-order valence-electron chi connectivity index (χ3n) is 4.22. The lowest BCUT2D eigenvalue weighted by molar-refractivity contribution is -0.113. The first-order chi connectivity index (χ1) is 15.6. The number of carbonyl (C=O) groups is 2. The number of rotatable bonds is 8. The lowest BCUT2D eigenvalue weighted by Gasteiger charge is -2.08. The molecule has 0 unspecified atom stereocenters. The van der Waals surface area contributed by atoms with Gasteiger partial charge in [0.25, 0.3) is 11.1 Å². The highest BCUT2D eigenvalue weighted by Gasteiger charge is 2.12. The first-order valence-corrected chi connectivity index (χ1v) is 11.3. The monoisotopic (exact) mass is 466 g/mol. The lowest BCUT2D eigenvalue weighted by atomic mass is 10.2. The van der Waals surface area contributed by atoms with Crippen molar-refractivity contribution >= 4 is 46.3 Å². The number of benzene rings is 2. The maximum atomic E-state index is 12.3. The Balaban J connectivity index is 1.30. The third kappa shape index (κ3) is 5.54. The van der Waals surface area contributed by atoms with Crippen molar-refractivity contribution in [2.75, 3.05) is 23.5 Å². The maximum absolute atomic E-state index is 12.3. The van der Waals surface area contributed by atoms with Crippen molar-refractivity contribution in [3.8, 4) is 17.2 Å². The number of hydrogen-bond acceptors (Lipinski definition) is 8. The van der Waals surface area contributed by atoms with E-state index in [1.165, 1.54) is 11.3 Å². The molecule has 0 saturated heterocycles. The zero-order chi connectivity index (χ0) is 22.3. The molecule has 0 bridgehead atoms. The molecule has 2 N–H and O–H groups in total. The van der Waals surface area contributed by atoms with Crippen molar-refractivity contribution in [1.29, 1.82) is 0 Å². The van der Waals surface area contributed by atoms with E-state index in [1.807, 2.05) is 23.6 Å². The molecule has 32 heavy (non-hydrogen) atoms. The predicted molar refractivity (Wildman–Crippen MR) is 124 cm³/mol. The van der Waals surface area contributed by atoms with E-state index >= 15 is 0 Å². The van der Waals surface area contributed by atoms with Gasteiger partial charge in [-0.25, -0.2) is 0 Å². The van der Waals surface area contributed by atoms with E-state index in [2.05, 4.69) is 20.8 Å². The zero-order valence-electron chi connectivity index (χ0n) is 16.9. The first-order valence-electron chi connectivity index (χ1n) is 9.46. The van der Waals surface area contributed by atoms with Gasteiger partial charge in [-0.2, -0.15) is 0 Å². The topological polar surface area (TPSA) is 106 Å². The van der Waals surface area contributed by atoms with Gasteiger partial charge in [-0.15, -0.1) is 21.5 Å². The number of carbonyl (C=O) groups excluding carboxylic acids is 2. The Hall–Kier alpha value is -3.63. The highest BCUT2D eigenvalue weighted by molar-refractivity contribution is 7.99. The van der Waals surface area contributed by atoms with E-state index in [9.17, 15) is 9.59 Å². The summed E-state index contributed by atoms with van der Waals surface area (Å²) in [4.78, 5) is 25.1. The Morgan fingerprint density at radius 3 is 2.53 bits per heavy atom. The number of nitrogens with one attached hydrogen (secondary N) is 2. The molecule has 162 valence electrons. The van der Waals surface area contributed by atoms with Crippen molar-refractivity contribution in [3.63, 3.8) is 0 Å². The summed E-state index contributed by atoms with van der Waals surface area (Å²) in [5, 5.41) is 15.7. The van der Waals surface area contributed by atoms with Crippen molar-refractivity contribution in [2.24, 2.45) is 0 Å². The minimum atomic E-state index is -0.235. The van der Waals surface area contributed by atoms with Gasteiger partial charge in [0.2, 0.25) is 11.8 Å². The number of hydrogen-bond donors (Lipinski definition) is 2. The Morgan fingerprint density at radius 1 is 1.03 bits per heavy atom. The standard InChI is InChI=1S/C22H18N4O4S2/c1-29-17-9-7-14(8-10-17)21-25-26-22(30-21)32-13-19(27)23-15-4-2-5-16(12-15)24-20(28)18-6-3-11-31-18/h2-12H,13H2,1H3,(H,23,27)(H,24,28). The number of amides is 2. The molecule has 0 fully saturated rings. The van der Waals surface area contributed by atoms with Crippen LogP contribution in [0.15, 0.2) is 75.7 Å². The van der Waals surface area contributed by atoms with Gasteiger partial charge in [0.1, 0.15) is 5.75 Å². The fraction of sp³-hybridized carbons (Fsp3) is 0.0909. The highest BCUT2D eigenvalue weighted by atomic mass is 32.2. The second-order valence-electron chi connectivity index (χ2n) is 6.45. The van der Waals surface area contributed by atoms with E-state index in [1.54, 1.807) is 49.6 Å². The van der Waals surface area contributed by atoms with Crippen LogP contribution >= 0.6 is 23.1 Å². The van der Waals surface area contributed by atoms with Crippen LogP contribution in [0.5, 0.6) is 5.75 Å². The van der Waals surface area contributed by atoms with Gasteiger partial charge in [0.05, 0.1) is 17.7 Å². The summed E-state index contributed by atoms with van der Waals surface area (Å²) in [6, 6.07) is 17.8. The lowest BCUT2D eigenvalue weighted by Crippen LogP contribution is -2.15. The van der Waals surface area contributed by atoms with Crippen molar-refractivity contribution in [1.82, 2.24) is 10.2 Å². The number of ether oxygens (including phenoxy) is 1. The Labute approximate surface area is 192 Å². The van der Waals surface area contributed by atoms with Crippen molar-refractivity contribution in [2.45, 2.75) is 5.22 Å². The summed E-state index contributed by atoms with van der Waals surface area (Å²) in [6.07, 6.45) is 0. The van der Waals surface area contributed by atoms with E-state index in [-0.39, 0.29) is 17.6 Å².